The van der Waals surface area contributed by atoms with Crippen molar-refractivity contribution in [2.45, 2.75) is 31.8 Å². The minimum atomic E-state index is 0.489. The Bertz CT molecular complexity index is 577. The summed E-state index contributed by atoms with van der Waals surface area (Å²) in [4.78, 5) is 11.2. The summed E-state index contributed by atoms with van der Waals surface area (Å²) in [6.07, 6.45) is 8.29. The Hall–Kier alpha value is -1.14. The van der Waals surface area contributed by atoms with Crippen LogP contribution >= 0.6 is 15.9 Å². The van der Waals surface area contributed by atoms with E-state index in [0.29, 0.717) is 6.04 Å². The number of nitrogens with zero attached hydrogens (tertiary/aromatic N) is 4. The van der Waals surface area contributed by atoms with Crippen LogP contribution in [0.2, 0.25) is 0 Å². The molecule has 102 valence electrons. The van der Waals surface area contributed by atoms with Crippen molar-refractivity contribution >= 4 is 27.4 Å². The summed E-state index contributed by atoms with van der Waals surface area (Å²) in [6.45, 7) is 3.12. The molecule has 1 aliphatic rings. The lowest BCUT2D eigenvalue weighted by Gasteiger charge is -2.24. The lowest BCUT2D eigenvalue weighted by molar-refractivity contribution is 0.257. The molecule has 0 saturated heterocycles. The third-order valence-corrected chi connectivity index (χ3v) is 4.11. The van der Waals surface area contributed by atoms with Crippen molar-refractivity contribution in [3.63, 3.8) is 0 Å². The highest BCUT2D eigenvalue weighted by molar-refractivity contribution is 9.10. The summed E-state index contributed by atoms with van der Waals surface area (Å²) >= 11 is 3.43. The van der Waals surface area contributed by atoms with Gasteiger partial charge in [0.15, 0.2) is 11.5 Å². The molecule has 0 amide bonds. The van der Waals surface area contributed by atoms with Gasteiger partial charge in [0.05, 0.1) is 0 Å². The smallest absolute Gasteiger partial charge is 0.180 e. The van der Waals surface area contributed by atoms with Crippen LogP contribution in [0.4, 0.5) is 5.82 Å². The van der Waals surface area contributed by atoms with Crippen molar-refractivity contribution in [3.8, 4) is 0 Å². The van der Waals surface area contributed by atoms with E-state index >= 15 is 0 Å². The van der Waals surface area contributed by atoms with Crippen LogP contribution in [0.1, 0.15) is 19.8 Å². The normalized spacial score (nSPS) is 17.1. The monoisotopic (exact) mass is 323 g/mol. The summed E-state index contributed by atoms with van der Waals surface area (Å²) in [5.41, 5.74) is 0.865. The van der Waals surface area contributed by atoms with E-state index in [1.807, 2.05) is 16.8 Å². The lowest BCUT2D eigenvalue weighted by Crippen LogP contribution is -2.36. The number of nitrogens with one attached hydrogen (secondary N) is 1. The van der Waals surface area contributed by atoms with Crippen molar-refractivity contribution in [2.75, 3.05) is 18.9 Å². The average molecular weight is 324 g/mol. The molecule has 3 rings (SSSR count). The predicted octanol–water partition coefficient (Wildman–Crippen LogP) is 2.39. The van der Waals surface area contributed by atoms with Gasteiger partial charge in [0.1, 0.15) is 4.60 Å². The van der Waals surface area contributed by atoms with Crippen LogP contribution in [0.25, 0.3) is 5.65 Å². The number of anilines is 1. The molecule has 0 spiro atoms. The van der Waals surface area contributed by atoms with Gasteiger partial charge in [0.2, 0.25) is 0 Å². The highest BCUT2D eigenvalue weighted by Crippen LogP contribution is 2.27. The van der Waals surface area contributed by atoms with Gasteiger partial charge in [-0.15, -0.1) is 0 Å². The van der Waals surface area contributed by atoms with Gasteiger partial charge in [-0.05, 0) is 42.7 Å². The van der Waals surface area contributed by atoms with Crippen molar-refractivity contribution in [3.05, 3.63) is 23.2 Å². The van der Waals surface area contributed by atoms with E-state index in [-0.39, 0.29) is 0 Å². The van der Waals surface area contributed by atoms with Gasteiger partial charge in [-0.1, -0.05) is 0 Å². The molecule has 1 N–H and O–H groups in total. The Morgan fingerprint density at radius 2 is 2.37 bits per heavy atom. The van der Waals surface area contributed by atoms with E-state index < -0.39 is 0 Å². The molecule has 0 bridgehead atoms. The zero-order valence-electron chi connectivity index (χ0n) is 11.2. The summed E-state index contributed by atoms with van der Waals surface area (Å²) < 4.78 is 2.78. The van der Waals surface area contributed by atoms with Gasteiger partial charge in [-0.2, -0.15) is 0 Å². The standard InChI is InChI=1S/C13H18BrN5/c1-9(18(2)10-3-4-10)7-16-12-13-15-5-6-19(13)8-11(14)17-12/h5-6,8-10H,3-4,7H2,1-2H3,(H,16,17). The minimum Gasteiger partial charge on any atom is -0.365 e. The molecule has 6 heteroatoms. The van der Waals surface area contributed by atoms with Crippen molar-refractivity contribution < 1.29 is 0 Å². The van der Waals surface area contributed by atoms with Crippen molar-refractivity contribution in [1.29, 1.82) is 0 Å². The number of hydrogen-bond acceptors (Lipinski definition) is 4. The second-order valence-corrected chi connectivity index (χ2v) is 6.01. The molecule has 1 aliphatic carbocycles. The predicted molar refractivity (Wildman–Crippen MR) is 79.4 cm³/mol. The van der Waals surface area contributed by atoms with E-state index in [1.54, 1.807) is 6.20 Å². The molecule has 1 atom stereocenters. The van der Waals surface area contributed by atoms with Crippen LogP contribution in [0, 0.1) is 0 Å². The fourth-order valence-corrected chi connectivity index (χ4v) is 2.65. The van der Waals surface area contributed by atoms with Crippen LogP contribution in [0.15, 0.2) is 23.2 Å². The Morgan fingerprint density at radius 3 is 3.11 bits per heavy atom. The minimum absolute atomic E-state index is 0.489. The van der Waals surface area contributed by atoms with Crippen LogP contribution in [0.5, 0.6) is 0 Å². The quantitative estimate of drug-likeness (QED) is 0.917. The largest absolute Gasteiger partial charge is 0.365 e. The molecular weight excluding hydrogens is 306 g/mol. The maximum absolute atomic E-state index is 4.47. The molecule has 1 unspecified atom stereocenters. The zero-order valence-corrected chi connectivity index (χ0v) is 12.8. The molecule has 1 saturated carbocycles. The second kappa shape index (κ2) is 5.09. The topological polar surface area (TPSA) is 45.5 Å². The molecule has 0 aliphatic heterocycles. The first-order valence-electron chi connectivity index (χ1n) is 6.60. The molecule has 1 fully saturated rings. The third kappa shape index (κ3) is 2.74. The first kappa shape index (κ1) is 12.9. The Labute approximate surface area is 121 Å². The highest BCUT2D eigenvalue weighted by Gasteiger charge is 2.29. The van der Waals surface area contributed by atoms with E-state index in [0.717, 1.165) is 28.7 Å². The molecule has 19 heavy (non-hydrogen) atoms. The summed E-state index contributed by atoms with van der Waals surface area (Å²) in [7, 11) is 2.20. The Balaban J connectivity index is 1.72. The number of aromatic nitrogens is 3. The first-order valence-corrected chi connectivity index (χ1v) is 7.39. The number of hydrogen-bond donors (Lipinski definition) is 1. The fourth-order valence-electron chi connectivity index (χ4n) is 2.25. The number of rotatable bonds is 5. The molecule has 5 nitrogen and oxygen atoms in total. The summed E-state index contributed by atoms with van der Waals surface area (Å²) in [5.74, 6) is 0.829. The SMILES string of the molecule is CC(CNc1nc(Br)cn2ccnc12)N(C)C1CC1. The molecule has 0 aromatic carbocycles. The van der Waals surface area contributed by atoms with Gasteiger partial charge >= 0.3 is 0 Å². The van der Waals surface area contributed by atoms with Crippen LogP contribution < -0.4 is 5.32 Å². The van der Waals surface area contributed by atoms with Crippen LogP contribution in [0.3, 0.4) is 0 Å². The van der Waals surface area contributed by atoms with Crippen molar-refractivity contribution in [1.82, 2.24) is 19.3 Å². The van der Waals surface area contributed by atoms with Gasteiger partial charge < -0.3 is 9.72 Å². The molecule has 2 aromatic rings. The van der Waals surface area contributed by atoms with Crippen LogP contribution in [-0.2, 0) is 0 Å². The summed E-state index contributed by atoms with van der Waals surface area (Å²) in [6, 6.07) is 1.27. The molecule has 0 radical (unpaired) electrons. The summed E-state index contributed by atoms with van der Waals surface area (Å²) in [5, 5.41) is 3.41. The average Bonchev–Trinajstić information content (AvgIpc) is 3.13. The number of fused-ring (bicyclic) bond motifs is 1. The van der Waals surface area contributed by atoms with Gasteiger partial charge in [-0.25, -0.2) is 9.97 Å². The van der Waals surface area contributed by atoms with E-state index in [1.165, 1.54) is 12.8 Å². The molecule has 2 aromatic heterocycles. The number of imidazole rings is 1. The maximum atomic E-state index is 4.47. The number of halogens is 1. The highest BCUT2D eigenvalue weighted by atomic mass is 79.9. The Morgan fingerprint density at radius 1 is 1.58 bits per heavy atom. The first-order chi connectivity index (χ1) is 9.15. The van der Waals surface area contributed by atoms with E-state index in [4.69, 9.17) is 0 Å². The van der Waals surface area contributed by atoms with Gasteiger partial charge in [0.25, 0.3) is 0 Å². The van der Waals surface area contributed by atoms with E-state index in [9.17, 15) is 0 Å². The fraction of sp³-hybridized carbons (Fsp3) is 0.538. The maximum Gasteiger partial charge on any atom is 0.180 e. The lowest BCUT2D eigenvalue weighted by atomic mass is 10.3. The third-order valence-electron chi connectivity index (χ3n) is 3.73. The zero-order chi connectivity index (χ0) is 13.4. The van der Waals surface area contributed by atoms with Crippen molar-refractivity contribution in [2.24, 2.45) is 0 Å². The molecule has 2 heterocycles. The van der Waals surface area contributed by atoms with Gasteiger partial charge in [-0.3, -0.25) is 4.90 Å². The van der Waals surface area contributed by atoms with Gasteiger partial charge in [0, 0.05) is 37.2 Å². The molecular formula is C13H18BrN5. The number of likely N-dealkylation sites (N-methyl/N-ethyl adjacent to an activating group) is 1. The second-order valence-electron chi connectivity index (χ2n) is 5.20. The Kier molecular flexibility index (Phi) is 3.45. The van der Waals surface area contributed by atoms with E-state index in [2.05, 4.69) is 50.1 Å². The van der Waals surface area contributed by atoms with Crippen LogP contribution in [-0.4, -0.2) is 44.9 Å².